The first kappa shape index (κ1) is 19.6. The van der Waals surface area contributed by atoms with Crippen LogP contribution in [0.25, 0.3) is 0 Å². The molecule has 0 unspecified atom stereocenters. The lowest BCUT2D eigenvalue weighted by atomic mass is 9.91. The molecule has 0 bridgehead atoms. The van der Waals surface area contributed by atoms with Crippen molar-refractivity contribution in [3.8, 4) is 11.5 Å². The largest absolute Gasteiger partial charge is 0.493 e. The van der Waals surface area contributed by atoms with Gasteiger partial charge in [0.25, 0.3) is 0 Å². The van der Waals surface area contributed by atoms with Gasteiger partial charge >= 0.3 is 0 Å². The molecule has 0 heterocycles. The topological polar surface area (TPSA) is 73.6 Å². The fourth-order valence-corrected chi connectivity index (χ4v) is 2.86. The van der Waals surface area contributed by atoms with E-state index in [0.717, 1.165) is 31.2 Å². The Morgan fingerprint density at radius 2 is 1.83 bits per heavy atom. The molecule has 130 valence electrons. The van der Waals surface area contributed by atoms with Gasteiger partial charge in [-0.15, -0.1) is 12.4 Å². The van der Waals surface area contributed by atoms with E-state index < -0.39 is 0 Å². The van der Waals surface area contributed by atoms with E-state index in [1.807, 2.05) is 18.2 Å². The monoisotopic (exact) mass is 342 g/mol. The minimum Gasteiger partial charge on any atom is -0.493 e. The zero-order chi connectivity index (χ0) is 15.9. The van der Waals surface area contributed by atoms with Crippen LogP contribution in [0.2, 0.25) is 0 Å². The van der Waals surface area contributed by atoms with Gasteiger partial charge in [0.05, 0.1) is 14.2 Å². The summed E-state index contributed by atoms with van der Waals surface area (Å²) in [5, 5.41) is 3.11. The SMILES string of the molecule is COc1ccc(CCC(=O)NC2CCC(N)CC2)cc1OC.Cl. The van der Waals surface area contributed by atoms with Crippen LogP contribution >= 0.6 is 12.4 Å². The lowest BCUT2D eigenvalue weighted by molar-refractivity contribution is -0.122. The highest BCUT2D eigenvalue weighted by Crippen LogP contribution is 2.28. The molecule has 0 radical (unpaired) electrons. The summed E-state index contributed by atoms with van der Waals surface area (Å²) in [6.45, 7) is 0. The molecule has 1 fully saturated rings. The fraction of sp³-hybridized carbons (Fsp3) is 0.588. The Kier molecular flexibility index (Phi) is 8.20. The van der Waals surface area contributed by atoms with E-state index in [0.29, 0.717) is 30.4 Å². The minimum atomic E-state index is 0. The molecule has 0 aliphatic heterocycles. The smallest absolute Gasteiger partial charge is 0.220 e. The number of ether oxygens (including phenoxy) is 2. The fourth-order valence-electron chi connectivity index (χ4n) is 2.86. The standard InChI is InChI=1S/C17H26N2O3.ClH/c1-21-15-9-3-12(11-16(15)22-2)4-10-17(20)19-14-7-5-13(18)6-8-14;/h3,9,11,13-14H,4-8,10,18H2,1-2H3,(H,19,20);1H. The first-order chi connectivity index (χ1) is 10.6. The van der Waals surface area contributed by atoms with Crippen LogP contribution in [0.15, 0.2) is 18.2 Å². The van der Waals surface area contributed by atoms with Gasteiger partial charge in [-0.1, -0.05) is 6.07 Å². The van der Waals surface area contributed by atoms with Crippen LogP contribution in [0.4, 0.5) is 0 Å². The van der Waals surface area contributed by atoms with Crippen LogP contribution in [0, 0.1) is 0 Å². The molecule has 0 spiro atoms. The van der Waals surface area contributed by atoms with Gasteiger partial charge in [0.15, 0.2) is 11.5 Å². The number of halogens is 1. The second kappa shape index (κ2) is 9.63. The van der Waals surface area contributed by atoms with Crippen molar-refractivity contribution < 1.29 is 14.3 Å². The van der Waals surface area contributed by atoms with Crippen molar-refractivity contribution in [2.24, 2.45) is 5.73 Å². The third-order valence-electron chi connectivity index (χ3n) is 4.23. The summed E-state index contributed by atoms with van der Waals surface area (Å²) in [6.07, 6.45) is 5.16. The number of carbonyl (C=O) groups is 1. The second-order valence-corrected chi connectivity index (χ2v) is 5.87. The Bertz CT molecular complexity index is 503. The first-order valence-electron chi connectivity index (χ1n) is 7.88. The lowest BCUT2D eigenvalue weighted by Gasteiger charge is -2.26. The summed E-state index contributed by atoms with van der Waals surface area (Å²) in [5.41, 5.74) is 6.95. The molecule has 1 amide bonds. The van der Waals surface area contributed by atoms with E-state index >= 15 is 0 Å². The molecule has 6 heteroatoms. The summed E-state index contributed by atoms with van der Waals surface area (Å²) in [7, 11) is 3.23. The van der Waals surface area contributed by atoms with Crippen molar-refractivity contribution in [3.63, 3.8) is 0 Å². The van der Waals surface area contributed by atoms with E-state index in [1.54, 1.807) is 14.2 Å². The predicted molar refractivity (Wildman–Crippen MR) is 93.5 cm³/mol. The molecule has 0 saturated heterocycles. The van der Waals surface area contributed by atoms with Crippen molar-refractivity contribution >= 4 is 18.3 Å². The maximum atomic E-state index is 12.0. The summed E-state index contributed by atoms with van der Waals surface area (Å²) in [5.74, 6) is 1.51. The molecule has 1 aliphatic rings. The summed E-state index contributed by atoms with van der Waals surface area (Å²) < 4.78 is 10.5. The average Bonchev–Trinajstić information content (AvgIpc) is 2.54. The van der Waals surface area contributed by atoms with Gasteiger partial charge in [-0.2, -0.15) is 0 Å². The molecular weight excluding hydrogens is 316 g/mol. The Morgan fingerprint density at radius 3 is 2.43 bits per heavy atom. The molecule has 1 aromatic carbocycles. The summed E-state index contributed by atoms with van der Waals surface area (Å²) in [4.78, 5) is 12.0. The molecule has 23 heavy (non-hydrogen) atoms. The van der Waals surface area contributed by atoms with Gasteiger partial charge in [-0.3, -0.25) is 4.79 Å². The second-order valence-electron chi connectivity index (χ2n) is 5.87. The van der Waals surface area contributed by atoms with Crippen LogP contribution in [-0.2, 0) is 11.2 Å². The van der Waals surface area contributed by atoms with Crippen molar-refractivity contribution in [2.45, 2.75) is 50.6 Å². The number of amides is 1. The van der Waals surface area contributed by atoms with E-state index in [2.05, 4.69) is 5.32 Å². The van der Waals surface area contributed by atoms with Crippen molar-refractivity contribution in [3.05, 3.63) is 23.8 Å². The average molecular weight is 343 g/mol. The van der Waals surface area contributed by atoms with Crippen molar-refractivity contribution in [1.82, 2.24) is 5.32 Å². The molecule has 0 atom stereocenters. The number of nitrogens with two attached hydrogens (primary N) is 1. The number of hydrogen-bond donors (Lipinski definition) is 2. The highest BCUT2D eigenvalue weighted by Gasteiger charge is 2.19. The van der Waals surface area contributed by atoms with E-state index in [9.17, 15) is 4.79 Å². The van der Waals surface area contributed by atoms with Crippen LogP contribution in [0.3, 0.4) is 0 Å². The molecule has 1 aliphatic carbocycles. The molecular formula is C17H27ClN2O3. The van der Waals surface area contributed by atoms with Gasteiger partial charge < -0.3 is 20.5 Å². The quantitative estimate of drug-likeness (QED) is 0.832. The Labute approximate surface area is 144 Å². The van der Waals surface area contributed by atoms with Gasteiger partial charge in [0.1, 0.15) is 0 Å². The van der Waals surface area contributed by atoms with Crippen LogP contribution < -0.4 is 20.5 Å². The summed E-state index contributed by atoms with van der Waals surface area (Å²) >= 11 is 0. The van der Waals surface area contributed by atoms with Gasteiger partial charge in [-0.25, -0.2) is 0 Å². The molecule has 1 aromatic rings. The first-order valence-corrected chi connectivity index (χ1v) is 7.88. The number of rotatable bonds is 6. The third kappa shape index (κ3) is 5.92. The van der Waals surface area contributed by atoms with Crippen molar-refractivity contribution in [1.29, 1.82) is 0 Å². The number of methoxy groups -OCH3 is 2. The molecule has 3 N–H and O–H groups in total. The summed E-state index contributed by atoms with van der Waals surface area (Å²) in [6, 6.07) is 6.35. The highest BCUT2D eigenvalue weighted by atomic mass is 35.5. The third-order valence-corrected chi connectivity index (χ3v) is 4.23. The zero-order valence-corrected chi connectivity index (χ0v) is 14.7. The van der Waals surface area contributed by atoms with Crippen molar-refractivity contribution in [2.75, 3.05) is 14.2 Å². The van der Waals surface area contributed by atoms with Gasteiger partial charge in [-0.05, 0) is 49.8 Å². The molecule has 5 nitrogen and oxygen atoms in total. The number of benzene rings is 1. The maximum absolute atomic E-state index is 12.0. The van der Waals surface area contributed by atoms with E-state index in [1.165, 1.54) is 0 Å². The maximum Gasteiger partial charge on any atom is 0.220 e. The minimum absolute atomic E-state index is 0. The molecule has 1 saturated carbocycles. The lowest BCUT2D eigenvalue weighted by Crippen LogP contribution is -2.40. The Balaban J connectivity index is 0.00000264. The number of nitrogens with one attached hydrogen (secondary N) is 1. The van der Waals surface area contributed by atoms with Crippen LogP contribution in [-0.4, -0.2) is 32.2 Å². The van der Waals surface area contributed by atoms with E-state index in [-0.39, 0.29) is 24.4 Å². The molecule has 0 aromatic heterocycles. The number of carbonyl (C=O) groups excluding carboxylic acids is 1. The highest BCUT2D eigenvalue weighted by molar-refractivity contribution is 5.85. The zero-order valence-electron chi connectivity index (χ0n) is 13.8. The van der Waals surface area contributed by atoms with Gasteiger partial charge in [0, 0.05) is 18.5 Å². The van der Waals surface area contributed by atoms with Crippen LogP contribution in [0.5, 0.6) is 11.5 Å². The molecule has 2 rings (SSSR count). The van der Waals surface area contributed by atoms with E-state index in [4.69, 9.17) is 15.2 Å². The normalized spacial score (nSPS) is 20.3. The number of hydrogen-bond acceptors (Lipinski definition) is 4. The number of aryl methyl sites for hydroxylation is 1. The predicted octanol–water partition coefficient (Wildman–Crippen LogP) is 2.44. The Hall–Kier alpha value is -1.46. The van der Waals surface area contributed by atoms with Gasteiger partial charge in [0.2, 0.25) is 5.91 Å². The Morgan fingerprint density at radius 1 is 1.17 bits per heavy atom. The van der Waals surface area contributed by atoms with Crippen LogP contribution in [0.1, 0.15) is 37.7 Å².